The Hall–Kier alpha value is -2.01. The lowest BCUT2D eigenvalue weighted by molar-refractivity contribution is 0.261. The third kappa shape index (κ3) is 4.28. The zero-order valence-corrected chi connectivity index (χ0v) is 12.3. The molecule has 0 fully saturated rings. The number of ether oxygens (including phenoxy) is 1. The van der Waals surface area contributed by atoms with Crippen LogP contribution in [0.3, 0.4) is 0 Å². The number of hydrogen-bond donors (Lipinski definition) is 2. The quantitative estimate of drug-likeness (QED) is 0.813. The standard InChI is InChI=1S/C15H22N4O/c1-12-15(18-11-17-12)10-16-13-5-4-6-14(9-13)20-8-7-19(2)3/h4-6,9,11,16H,7-8,10H2,1-3H3,(H,17,18). The zero-order chi connectivity index (χ0) is 14.4. The van der Waals surface area contributed by atoms with E-state index >= 15 is 0 Å². The van der Waals surface area contributed by atoms with Crippen LogP contribution in [0, 0.1) is 6.92 Å². The molecule has 0 bridgehead atoms. The summed E-state index contributed by atoms with van der Waals surface area (Å²) in [6.45, 7) is 4.32. The van der Waals surface area contributed by atoms with Gasteiger partial charge in [-0.1, -0.05) is 6.07 Å². The van der Waals surface area contributed by atoms with Crippen molar-refractivity contribution in [3.05, 3.63) is 42.0 Å². The van der Waals surface area contributed by atoms with Gasteiger partial charge >= 0.3 is 0 Å². The number of nitrogens with one attached hydrogen (secondary N) is 2. The summed E-state index contributed by atoms with van der Waals surface area (Å²) in [4.78, 5) is 9.44. The molecule has 0 aliphatic heterocycles. The van der Waals surface area contributed by atoms with Crippen LogP contribution in [0.2, 0.25) is 0 Å². The van der Waals surface area contributed by atoms with Crippen LogP contribution in [-0.4, -0.2) is 42.1 Å². The van der Waals surface area contributed by atoms with E-state index in [9.17, 15) is 0 Å². The van der Waals surface area contributed by atoms with Crippen molar-refractivity contribution in [3.8, 4) is 5.75 Å². The molecular formula is C15H22N4O. The van der Waals surface area contributed by atoms with E-state index in [1.54, 1.807) is 6.33 Å². The van der Waals surface area contributed by atoms with Gasteiger partial charge in [0.25, 0.3) is 0 Å². The van der Waals surface area contributed by atoms with E-state index in [0.717, 1.165) is 29.4 Å². The molecule has 108 valence electrons. The van der Waals surface area contributed by atoms with E-state index in [4.69, 9.17) is 4.74 Å². The Morgan fingerprint density at radius 3 is 2.90 bits per heavy atom. The summed E-state index contributed by atoms with van der Waals surface area (Å²) >= 11 is 0. The zero-order valence-electron chi connectivity index (χ0n) is 12.3. The van der Waals surface area contributed by atoms with Crippen molar-refractivity contribution in [3.63, 3.8) is 0 Å². The number of nitrogens with zero attached hydrogens (tertiary/aromatic N) is 2. The molecule has 2 rings (SSSR count). The van der Waals surface area contributed by atoms with Crippen LogP contribution in [-0.2, 0) is 6.54 Å². The molecule has 0 atom stereocenters. The predicted octanol–water partition coefficient (Wildman–Crippen LogP) is 2.27. The minimum absolute atomic E-state index is 0.689. The molecule has 0 unspecified atom stereocenters. The fourth-order valence-electron chi connectivity index (χ4n) is 1.79. The molecule has 0 aliphatic rings. The second-order valence-electron chi connectivity index (χ2n) is 5.01. The number of imidazole rings is 1. The second-order valence-corrected chi connectivity index (χ2v) is 5.01. The Morgan fingerprint density at radius 2 is 2.20 bits per heavy atom. The number of benzene rings is 1. The lowest BCUT2D eigenvalue weighted by atomic mass is 10.3. The van der Waals surface area contributed by atoms with E-state index in [1.165, 1.54) is 0 Å². The molecule has 20 heavy (non-hydrogen) atoms. The molecule has 5 nitrogen and oxygen atoms in total. The maximum atomic E-state index is 5.71. The topological polar surface area (TPSA) is 53.2 Å². The second kappa shape index (κ2) is 6.96. The van der Waals surface area contributed by atoms with E-state index in [2.05, 4.69) is 20.2 Å². The number of hydrogen-bond acceptors (Lipinski definition) is 4. The highest BCUT2D eigenvalue weighted by Crippen LogP contribution is 2.18. The van der Waals surface area contributed by atoms with Crippen LogP contribution in [0.1, 0.15) is 11.4 Å². The lowest BCUT2D eigenvalue weighted by Gasteiger charge is -2.12. The van der Waals surface area contributed by atoms with Gasteiger partial charge in [0.1, 0.15) is 12.4 Å². The Balaban J connectivity index is 1.87. The first-order valence-electron chi connectivity index (χ1n) is 6.75. The lowest BCUT2D eigenvalue weighted by Crippen LogP contribution is -2.19. The third-order valence-electron chi connectivity index (χ3n) is 3.04. The maximum absolute atomic E-state index is 5.71. The minimum atomic E-state index is 0.689. The van der Waals surface area contributed by atoms with Crippen molar-refractivity contribution < 1.29 is 4.74 Å². The molecule has 0 radical (unpaired) electrons. The molecule has 5 heteroatoms. The largest absolute Gasteiger partial charge is 0.492 e. The van der Waals surface area contributed by atoms with E-state index in [1.807, 2.05) is 45.3 Å². The van der Waals surface area contributed by atoms with Crippen molar-refractivity contribution in [2.24, 2.45) is 0 Å². The van der Waals surface area contributed by atoms with Crippen LogP contribution in [0.5, 0.6) is 5.75 Å². The highest BCUT2D eigenvalue weighted by atomic mass is 16.5. The van der Waals surface area contributed by atoms with Gasteiger partial charge in [-0.2, -0.15) is 0 Å². The van der Waals surface area contributed by atoms with E-state index < -0.39 is 0 Å². The average Bonchev–Trinajstić information content (AvgIpc) is 2.82. The molecule has 0 saturated heterocycles. The molecule has 1 aromatic carbocycles. The van der Waals surface area contributed by atoms with Crippen LogP contribution in [0.25, 0.3) is 0 Å². The summed E-state index contributed by atoms with van der Waals surface area (Å²) in [7, 11) is 4.07. The number of anilines is 1. The number of aromatic nitrogens is 2. The summed E-state index contributed by atoms with van der Waals surface area (Å²) in [5, 5.41) is 3.35. The van der Waals surface area contributed by atoms with Gasteiger partial charge in [0.05, 0.1) is 18.6 Å². The monoisotopic (exact) mass is 274 g/mol. The fraction of sp³-hybridized carbons (Fsp3) is 0.400. The van der Waals surface area contributed by atoms with Crippen molar-refractivity contribution in [2.75, 3.05) is 32.6 Å². The molecule has 1 aromatic heterocycles. The summed E-state index contributed by atoms with van der Waals surface area (Å²) in [5.41, 5.74) is 3.16. The van der Waals surface area contributed by atoms with E-state index in [0.29, 0.717) is 13.2 Å². The first-order chi connectivity index (χ1) is 9.65. The first kappa shape index (κ1) is 14.4. The number of aromatic amines is 1. The number of likely N-dealkylation sites (N-methyl/N-ethyl adjacent to an activating group) is 1. The van der Waals surface area contributed by atoms with Crippen LogP contribution >= 0.6 is 0 Å². The number of H-pyrrole nitrogens is 1. The Labute approximate surface area is 120 Å². The fourth-order valence-corrected chi connectivity index (χ4v) is 1.79. The molecule has 0 spiro atoms. The highest BCUT2D eigenvalue weighted by Gasteiger charge is 2.02. The smallest absolute Gasteiger partial charge is 0.121 e. The number of aryl methyl sites for hydroxylation is 1. The average molecular weight is 274 g/mol. The summed E-state index contributed by atoms with van der Waals surface area (Å²) in [6.07, 6.45) is 1.72. The first-order valence-corrected chi connectivity index (χ1v) is 6.75. The molecule has 0 amide bonds. The van der Waals surface area contributed by atoms with Crippen molar-refractivity contribution in [1.82, 2.24) is 14.9 Å². The van der Waals surface area contributed by atoms with Crippen molar-refractivity contribution in [2.45, 2.75) is 13.5 Å². The van der Waals surface area contributed by atoms with Crippen LogP contribution in [0.15, 0.2) is 30.6 Å². The van der Waals surface area contributed by atoms with Gasteiger partial charge in [-0.25, -0.2) is 4.98 Å². The SMILES string of the molecule is Cc1[nH]cnc1CNc1cccc(OCCN(C)C)c1. The van der Waals surface area contributed by atoms with E-state index in [-0.39, 0.29) is 0 Å². The number of rotatable bonds is 7. The molecule has 2 N–H and O–H groups in total. The van der Waals surface area contributed by atoms with Gasteiger partial charge in [0.15, 0.2) is 0 Å². The summed E-state index contributed by atoms with van der Waals surface area (Å²) in [6, 6.07) is 8.00. The van der Waals surface area contributed by atoms with Gasteiger partial charge in [0, 0.05) is 24.0 Å². The summed E-state index contributed by atoms with van der Waals surface area (Å²) in [5.74, 6) is 0.885. The normalized spacial score (nSPS) is 10.8. The van der Waals surface area contributed by atoms with Gasteiger partial charge in [-0.3, -0.25) is 0 Å². The molecular weight excluding hydrogens is 252 g/mol. The minimum Gasteiger partial charge on any atom is -0.492 e. The Morgan fingerprint density at radius 1 is 1.35 bits per heavy atom. The molecule has 0 saturated carbocycles. The van der Waals surface area contributed by atoms with Gasteiger partial charge in [-0.05, 0) is 33.2 Å². The van der Waals surface area contributed by atoms with Crippen LogP contribution in [0.4, 0.5) is 5.69 Å². The van der Waals surface area contributed by atoms with Crippen molar-refractivity contribution in [1.29, 1.82) is 0 Å². The van der Waals surface area contributed by atoms with Gasteiger partial charge < -0.3 is 19.9 Å². The Bertz CT molecular complexity index is 536. The molecule has 0 aliphatic carbocycles. The molecule has 2 aromatic rings. The summed E-state index contributed by atoms with van der Waals surface area (Å²) < 4.78 is 5.71. The maximum Gasteiger partial charge on any atom is 0.121 e. The van der Waals surface area contributed by atoms with Gasteiger partial charge in [-0.15, -0.1) is 0 Å². The predicted molar refractivity (Wildman–Crippen MR) is 81.1 cm³/mol. The molecule has 1 heterocycles. The van der Waals surface area contributed by atoms with Crippen LogP contribution < -0.4 is 10.1 Å². The van der Waals surface area contributed by atoms with Crippen molar-refractivity contribution >= 4 is 5.69 Å². The highest BCUT2D eigenvalue weighted by molar-refractivity contribution is 5.48. The third-order valence-corrected chi connectivity index (χ3v) is 3.04. The van der Waals surface area contributed by atoms with Gasteiger partial charge in [0.2, 0.25) is 0 Å². The Kier molecular flexibility index (Phi) is 5.01.